The van der Waals surface area contributed by atoms with Crippen molar-refractivity contribution in [3.63, 3.8) is 0 Å². The summed E-state index contributed by atoms with van der Waals surface area (Å²) >= 11 is 0. The lowest BCUT2D eigenvalue weighted by atomic mass is 10.2. The smallest absolute Gasteiger partial charge is 0.188 e. The minimum Gasteiger partial charge on any atom is -0.370 e. The van der Waals surface area contributed by atoms with Crippen LogP contribution >= 0.6 is 0 Å². The van der Waals surface area contributed by atoms with Gasteiger partial charge < -0.3 is 16.0 Å². The fraction of sp³-hybridized carbons (Fsp3) is 0.562. The Morgan fingerprint density at radius 1 is 1.40 bits per heavy atom. The third kappa shape index (κ3) is 5.95. The van der Waals surface area contributed by atoms with Crippen molar-refractivity contribution >= 4 is 11.6 Å². The van der Waals surface area contributed by atoms with Crippen LogP contribution in [0, 0.1) is 12.8 Å². The van der Waals surface area contributed by atoms with Gasteiger partial charge in [0.25, 0.3) is 0 Å². The molecular formula is C16H28N4. The van der Waals surface area contributed by atoms with Crippen LogP contribution in [-0.4, -0.2) is 32.1 Å². The molecule has 4 nitrogen and oxygen atoms in total. The van der Waals surface area contributed by atoms with Gasteiger partial charge in [-0.05, 0) is 37.5 Å². The quantitative estimate of drug-likeness (QED) is 0.594. The van der Waals surface area contributed by atoms with Crippen molar-refractivity contribution in [3.8, 4) is 0 Å². The van der Waals surface area contributed by atoms with E-state index in [4.69, 9.17) is 5.73 Å². The molecule has 0 bridgehead atoms. The number of likely N-dealkylation sites (N-methyl/N-ethyl adjacent to an activating group) is 1. The van der Waals surface area contributed by atoms with E-state index in [0.29, 0.717) is 11.9 Å². The van der Waals surface area contributed by atoms with Crippen LogP contribution in [0.25, 0.3) is 0 Å². The summed E-state index contributed by atoms with van der Waals surface area (Å²) in [4.78, 5) is 6.63. The van der Waals surface area contributed by atoms with Gasteiger partial charge in [0, 0.05) is 31.9 Å². The zero-order valence-electron chi connectivity index (χ0n) is 13.2. The van der Waals surface area contributed by atoms with Crippen LogP contribution < -0.4 is 16.0 Å². The van der Waals surface area contributed by atoms with E-state index in [1.165, 1.54) is 11.3 Å². The highest BCUT2D eigenvalue weighted by Crippen LogP contribution is 2.14. The van der Waals surface area contributed by atoms with Gasteiger partial charge in [-0.2, -0.15) is 0 Å². The summed E-state index contributed by atoms with van der Waals surface area (Å²) in [5.41, 5.74) is 8.37. The van der Waals surface area contributed by atoms with Crippen LogP contribution in [0.2, 0.25) is 0 Å². The van der Waals surface area contributed by atoms with E-state index in [1.54, 1.807) is 0 Å². The summed E-state index contributed by atoms with van der Waals surface area (Å²) < 4.78 is 0. The SMILES string of the molecule is CCN(CCNC(N)=NCC(C)C)c1cccc(C)c1. The van der Waals surface area contributed by atoms with Gasteiger partial charge in [-0.15, -0.1) is 0 Å². The van der Waals surface area contributed by atoms with Gasteiger partial charge in [0.15, 0.2) is 5.96 Å². The van der Waals surface area contributed by atoms with E-state index in [0.717, 1.165) is 26.2 Å². The second-order valence-electron chi connectivity index (χ2n) is 5.47. The average molecular weight is 276 g/mol. The van der Waals surface area contributed by atoms with Gasteiger partial charge in [0.1, 0.15) is 0 Å². The summed E-state index contributed by atoms with van der Waals surface area (Å²) in [5, 5.41) is 3.17. The highest BCUT2D eigenvalue weighted by Gasteiger charge is 2.04. The molecule has 0 aliphatic carbocycles. The second kappa shape index (κ2) is 8.46. The number of benzene rings is 1. The Morgan fingerprint density at radius 2 is 2.15 bits per heavy atom. The van der Waals surface area contributed by atoms with Crippen molar-refractivity contribution in [2.45, 2.75) is 27.7 Å². The van der Waals surface area contributed by atoms with Crippen molar-refractivity contribution in [2.75, 3.05) is 31.1 Å². The normalized spacial score (nSPS) is 11.8. The molecule has 112 valence electrons. The molecule has 1 aromatic rings. The first-order chi connectivity index (χ1) is 9.52. The maximum absolute atomic E-state index is 5.83. The molecule has 4 heteroatoms. The molecule has 1 rings (SSSR count). The molecule has 0 fully saturated rings. The number of aryl methyl sites for hydroxylation is 1. The fourth-order valence-electron chi connectivity index (χ4n) is 1.95. The zero-order valence-corrected chi connectivity index (χ0v) is 13.2. The monoisotopic (exact) mass is 276 g/mol. The Bertz CT molecular complexity index is 426. The summed E-state index contributed by atoms with van der Waals surface area (Å²) in [6.45, 7) is 12.0. The van der Waals surface area contributed by atoms with E-state index in [2.05, 4.69) is 67.2 Å². The lowest BCUT2D eigenvalue weighted by Gasteiger charge is -2.23. The first kappa shape index (κ1) is 16.3. The molecule has 0 spiro atoms. The number of nitrogens with zero attached hydrogens (tertiary/aromatic N) is 2. The summed E-state index contributed by atoms with van der Waals surface area (Å²) in [7, 11) is 0. The third-order valence-corrected chi connectivity index (χ3v) is 3.06. The van der Waals surface area contributed by atoms with Crippen LogP contribution in [0.3, 0.4) is 0 Å². The number of hydrogen-bond acceptors (Lipinski definition) is 2. The van der Waals surface area contributed by atoms with Gasteiger partial charge in [-0.3, -0.25) is 4.99 Å². The van der Waals surface area contributed by atoms with E-state index in [-0.39, 0.29) is 0 Å². The van der Waals surface area contributed by atoms with Crippen LogP contribution in [0.5, 0.6) is 0 Å². The maximum atomic E-state index is 5.83. The molecule has 1 aromatic carbocycles. The highest BCUT2D eigenvalue weighted by atomic mass is 15.2. The first-order valence-electron chi connectivity index (χ1n) is 7.38. The molecule has 0 aromatic heterocycles. The molecule has 0 amide bonds. The summed E-state index contributed by atoms with van der Waals surface area (Å²) in [6, 6.07) is 8.57. The molecule has 0 aliphatic rings. The van der Waals surface area contributed by atoms with Gasteiger partial charge in [0.05, 0.1) is 0 Å². The number of hydrogen-bond donors (Lipinski definition) is 2. The van der Waals surface area contributed by atoms with Crippen LogP contribution in [-0.2, 0) is 0 Å². The lowest BCUT2D eigenvalue weighted by Crippen LogP contribution is -2.38. The number of nitrogens with two attached hydrogens (primary N) is 1. The Labute approximate surface area is 123 Å². The van der Waals surface area contributed by atoms with Gasteiger partial charge in [-0.1, -0.05) is 26.0 Å². The van der Waals surface area contributed by atoms with Gasteiger partial charge >= 0.3 is 0 Å². The molecule has 0 atom stereocenters. The topological polar surface area (TPSA) is 53.6 Å². The van der Waals surface area contributed by atoms with Gasteiger partial charge in [0.2, 0.25) is 0 Å². The fourth-order valence-corrected chi connectivity index (χ4v) is 1.95. The summed E-state index contributed by atoms with van der Waals surface area (Å²) in [6.07, 6.45) is 0. The Balaban J connectivity index is 2.44. The first-order valence-corrected chi connectivity index (χ1v) is 7.38. The highest BCUT2D eigenvalue weighted by molar-refractivity contribution is 5.77. The van der Waals surface area contributed by atoms with E-state index in [1.807, 2.05) is 0 Å². The van der Waals surface area contributed by atoms with Crippen molar-refractivity contribution in [1.29, 1.82) is 0 Å². The molecule has 0 saturated heterocycles. The molecule has 0 saturated carbocycles. The zero-order chi connectivity index (χ0) is 15.0. The molecule has 0 radical (unpaired) electrons. The number of aliphatic imine (C=N–C) groups is 1. The van der Waals surface area contributed by atoms with E-state index in [9.17, 15) is 0 Å². The number of anilines is 1. The van der Waals surface area contributed by atoms with Crippen molar-refractivity contribution in [3.05, 3.63) is 29.8 Å². The molecular weight excluding hydrogens is 248 g/mol. The average Bonchev–Trinajstić information content (AvgIpc) is 2.41. The molecule has 3 N–H and O–H groups in total. The third-order valence-electron chi connectivity index (χ3n) is 3.06. The molecule has 0 unspecified atom stereocenters. The minimum absolute atomic E-state index is 0.537. The lowest BCUT2D eigenvalue weighted by molar-refractivity contribution is 0.660. The van der Waals surface area contributed by atoms with Crippen LogP contribution in [0.15, 0.2) is 29.3 Å². The van der Waals surface area contributed by atoms with Crippen molar-refractivity contribution in [2.24, 2.45) is 16.6 Å². The van der Waals surface area contributed by atoms with Gasteiger partial charge in [-0.25, -0.2) is 0 Å². The van der Waals surface area contributed by atoms with Crippen molar-refractivity contribution in [1.82, 2.24) is 5.32 Å². The number of rotatable bonds is 7. The minimum atomic E-state index is 0.537. The standard InChI is InChI=1S/C16H28N4/c1-5-20(15-8-6-7-14(4)11-15)10-9-18-16(17)19-12-13(2)3/h6-8,11,13H,5,9-10,12H2,1-4H3,(H3,17,18,19). The predicted octanol–water partition coefficient (Wildman–Crippen LogP) is 2.38. The number of guanidine groups is 1. The van der Waals surface area contributed by atoms with E-state index >= 15 is 0 Å². The maximum Gasteiger partial charge on any atom is 0.188 e. The Morgan fingerprint density at radius 3 is 2.75 bits per heavy atom. The van der Waals surface area contributed by atoms with Crippen LogP contribution in [0.1, 0.15) is 26.3 Å². The second-order valence-corrected chi connectivity index (χ2v) is 5.47. The summed E-state index contributed by atoms with van der Waals surface area (Å²) in [5.74, 6) is 1.08. The van der Waals surface area contributed by atoms with Crippen molar-refractivity contribution < 1.29 is 0 Å². The predicted molar refractivity (Wildman–Crippen MR) is 88.4 cm³/mol. The molecule has 20 heavy (non-hydrogen) atoms. The Hall–Kier alpha value is -1.71. The largest absolute Gasteiger partial charge is 0.370 e. The van der Waals surface area contributed by atoms with E-state index < -0.39 is 0 Å². The molecule has 0 heterocycles. The van der Waals surface area contributed by atoms with Crippen LogP contribution in [0.4, 0.5) is 5.69 Å². The Kier molecular flexibility index (Phi) is 6.91. The number of nitrogens with one attached hydrogen (secondary N) is 1. The molecule has 0 aliphatic heterocycles.